The van der Waals surface area contributed by atoms with E-state index >= 15 is 0 Å². The third-order valence-corrected chi connectivity index (χ3v) is 5.87. The molecular formula is C40H73N3. The summed E-state index contributed by atoms with van der Waals surface area (Å²) in [7, 11) is 4.11. The highest BCUT2D eigenvalue weighted by atomic mass is 15.0. The van der Waals surface area contributed by atoms with Crippen molar-refractivity contribution in [2.75, 3.05) is 33.7 Å². The van der Waals surface area contributed by atoms with Gasteiger partial charge in [-0.15, -0.1) is 0 Å². The molecule has 0 aromatic heterocycles. The molecule has 1 aliphatic rings. The maximum absolute atomic E-state index is 4.18. The minimum atomic E-state index is 1.03. The lowest BCUT2D eigenvalue weighted by molar-refractivity contribution is 0.434. The molecule has 1 aliphatic heterocycles. The molecule has 3 heteroatoms. The van der Waals surface area contributed by atoms with Crippen molar-refractivity contribution in [1.29, 1.82) is 0 Å². The Bertz CT molecular complexity index is 819. The van der Waals surface area contributed by atoms with E-state index in [2.05, 4.69) is 124 Å². The number of unbranched alkanes of at least 4 members (excludes halogenated alkanes) is 2. The van der Waals surface area contributed by atoms with Gasteiger partial charge >= 0.3 is 0 Å². The van der Waals surface area contributed by atoms with E-state index in [1.807, 2.05) is 53.8 Å². The average Bonchev–Trinajstić information content (AvgIpc) is 3.09. The molecule has 0 fully saturated rings. The normalized spacial score (nSPS) is 10.5. The zero-order valence-electron chi connectivity index (χ0n) is 30.8. The van der Waals surface area contributed by atoms with Gasteiger partial charge in [-0.05, 0) is 82.5 Å². The van der Waals surface area contributed by atoms with Gasteiger partial charge in [-0.1, -0.05) is 162 Å². The highest BCUT2D eigenvalue weighted by Gasteiger charge is 1.95. The zero-order chi connectivity index (χ0) is 33.6. The summed E-state index contributed by atoms with van der Waals surface area (Å²) in [5.74, 6) is 0. The second kappa shape index (κ2) is 41.6. The zero-order valence-corrected chi connectivity index (χ0v) is 30.8. The third kappa shape index (κ3) is 35.6. The molecule has 2 aromatic carbocycles. The van der Waals surface area contributed by atoms with Crippen LogP contribution in [0.2, 0.25) is 0 Å². The Morgan fingerprint density at radius 3 is 1.56 bits per heavy atom. The standard InChI is InChI=1S/C18H21N.C7H11N.C5H12.C4H11N.3C2H6/c1-2-16-8-10-18(11-9-16)13-15-19-14-12-17-6-4-3-5-7-17;1-2-7-5-3-4-6-8-7;1-3-5-4-2;1-4-5(2)3;3*1-2/h2-11,19H,1,12-15H2;5-6H,2-4H2,1H3;3-5H2,1-2H3;4H2,1-3H3;3*1-2H3. The molecule has 0 bridgehead atoms. The average molecular weight is 596 g/mol. The van der Waals surface area contributed by atoms with E-state index in [1.165, 1.54) is 48.1 Å². The maximum atomic E-state index is 4.18. The number of rotatable bonds is 11. The summed E-state index contributed by atoms with van der Waals surface area (Å²) in [5.41, 5.74) is 5.19. The molecule has 0 unspecified atom stereocenters. The highest BCUT2D eigenvalue weighted by molar-refractivity contribution is 5.60. The van der Waals surface area contributed by atoms with Crippen molar-refractivity contribution < 1.29 is 0 Å². The van der Waals surface area contributed by atoms with Crippen LogP contribution >= 0.6 is 0 Å². The van der Waals surface area contributed by atoms with Gasteiger partial charge in [0.25, 0.3) is 0 Å². The fourth-order valence-corrected chi connectivity index (χ4v) is 3.20. The molecule has 43 heavy (non-hydrogen) atoms. The molecule has 0 saturated heterocycles. The van der Waals surface area contributed by atoms with Gasteiger partial charge in [-0.2, -0.15) is 0 Å². The van der Waals surface area contributed by atoms with E-state index < -0.39 is 0 Å². The van der Waals surface area contributed by atoms with E-state index in [4.69, 9.17) is 0 Å². The molecule has 3 nitrogen and oxygen atoms in total. The van der Waals surface area contributed by atoms with Crippen molar-refractivity contribution in [3.8, 4) is 0 Å². The minimum Gasteiger partial charge on any atom is -0.316 e. The predicted molar refractivity (Wildman–Crippen MR) is 203 cm³/mol. The molecule has 0 amide bonds. The van der Waals surface area contributed by atoms with Crippen LogP contribution in [0.5, 0.6) is 0 Å². The molecule has 1 N–H and O–H groups in total. The minimum absolute atomic E-state index is 1.03. The van der Waals surface area contributed by atoms with Crippen LogP contribution in [-0.4, -0.2) is 44.8 Å². The van der Waals surface area contributed by atoms with Crippen molar-refractivity contribution >= 4 is 12.3 Å². The molecule has 3 rings (SSSR count). The Morgan fingerprint density at radius 2 is 1.23 bits per heavy atom. The fraction of sp³-hybridized carbons (Fsp3) is 0.575. The fourth-order valence-electron chi connectivity index (χ4n) is 3.20. The Kier molecular flexibility index (Phi) is 45.9. The smallest absolute Gasteiger partial charge is 0.0357 e. The van der Waals surface area contributed by atoms with Gasteiger partial charge in [-0.3, -0.25) is 4.99 Å². The number of hydrogen-bond donors (Lipinski definition) is 1. The van der Waals surface area contributed by atoms with Crippen molar-refractivity contribution in [3.63, 3.8) is 0 Å². The molecule has 2 aromatic rings. The van der Waals surface area contributed by atoms with Gasteiger partial charge in [0.15, 0.2) is 0 Å². The summed E-state index contributed by atoms with van der Waals surface area (Å²) in [4.78, 5) is 6.31. The van der Waals surface area contributed by atoms with Crippen LogP contribution in [0.1, 0.15) is 124 Å². The van der Waals surface area contributed by atoms with Gasteiger partial charge in [0.05, 0.1) is 0 Å². The Labute approximate surface area is 271 Å². The van der Waals surface area contributed by atoms with Crippen molar-refractivity contribution in [2.24, 2.45) is 4.99 Å². The van der Waals surface area contributed by atoms with E-state index in [0.717, 1.165) is 45.3 Å². The first-order chi connectivity index (χ1) is 21.0. The highest BCUT2D eigenvalue weighted by Crippen LogP contribution is 2.08. The quantitative estimate of drug-likeness (QED) is 0.262. The maximum Gasteiger partial charge on any atom is 0.0357 e. The number of nitrogens with zero attached hydrogens (tertiary/aromatic N) is 2. The van der Waals surface area contributed by atoms with E-state index in [0.29, 0.717) is 0 Å². The Morgan fingerprint density at radius 1 is 0.744 bits per heavy atom. The molecule has 0 spiro atoms. The number of benzene rings is 2. The van der Waals surface area contributed by atoms with Crippen LogP contribution in [0.25, 0.3) is 6.08 Å². The van der Waals surface area contributed by atoms with Crippen LogP contribution in [0.15, 0.2) is 77.9 Å². The van der Waals surface area contributed by atoms with E-state index in [-0.39, 0.29) is 0 Å². The molecule has 248 valence electrons. The monoisotopic (exact) mass is 596 g/mol. The molecule has 0 atom stereocenters. The molecule has 1 heterocycles. The van der Waals surface area contributed by atoms with Crippen molar-refractivity contribution in [1.82, 2.24) is 10.2 Å². The van der Waals surface area contributed by atoms with Crippen LogP contribution in [0.3, 0.4) is 0 Å². The summed E-state index contributed by atoms with van der Waals surface area (Å²) >= 11 is 0. The van der Waals surface area contributed by atoms with Crippen LogP contribution in [0.4, 0.5) is 0 Å². The Hall–Kier alpha value is -2.49. The van der Waals surface area contributed by atoms with Gasteiger partial charge in [-0.25, -0.2) is 0 Å². The lowest BCUT2D eigenvalue weighted by Crippen LogP contribution is -2.20. The van der Waals surface area contributed by atoms with E-state index in [9.17, 15) is 0 Å². The van der Waals surface area contributed by atoms with E-state index in [1.54, 1.807) is 0 Å². The van der Waals surface area contributed by atoms with Crippen LogP contribution < -0.4 is 5.32 Å². The van der Waals surface area contributed by atoms with Crippen LogP contribution in [0, 0.1) is 0 Å². The molecular weight excluding hydrogens is 522 g/mol. The predicted octanol–water partition coefficient (Wildman–Crippen LogP) is 11.7. The third-order valence-electron chi connectivity index (χ3n) is 5.87. The van der Waals surface area contributed by atoms with Crippen LogP contribution in [-0.2, 0) is 12.8 Å². The first kappa shape index (κ1) is 47.4. The number of hydrogen-bond acceptors (Lipinski definition) is 3. The van der Waals surface area contributed by atoms with Gasteiger partial charge in [0.1, 0.15) is 0 Å². The molecule has 0 aliphatic carbocycles. The number of nitrogens with one attached hydrogen (secondary N) is 1. The van der Waals surface area contributed by atoms with Crippen molar-refractivity contribution in [3.05, 3.63) is 89.6 Å². The summed E-state index contributed by atoms with van der Waals surface area (Å²) in [6.07, 6.45) is 15.7. The first-order valence-corrected chi connectivity index (χ1v) is 17.3. The summed E-state index contributed by atoms with van der Waals surface area (Å²) in [6, 6.07) is 19.2. The summed E-state index contributed by atoms with van der Waals surface area (Å²) < 4.78 is 0. The summed E-state index contributed by atoms with van der Waals surface area (Å²) in [5, 5.41) is 3.49. The lowest BCUT2D eigenvalue weighted by Gasteiger charge is -2.05. The molecule has 0 radical (unpaired) electrons. The SMILES string of the molecule is C=Cc1ccc(CCNCCc2ccccc2)cc1.CC.CC.CC.CCC1=CCCC=N1.CCCCC.CCN(C)C. The van der Waals surface area contributed by atoms with Gasteiger partial charge in [0.2, 0.25) is 0 Å². The second-order valence-corrected chi connectivity index (χ2v) is 9.37. The van der Waals surface area contributed by atoms with Crippen molar-refractivity contribution in [2.45, 2.75) is 121 Å². The topological polar surface area (TPSA) is 27.6 Å². The molecule has 0 saturated carbocycles. The summed E-state index contributed by atoms with van der Waals surface area (Å²) in [6.45, 7) is 27.6. The van der Waals surface area contributed by atoms with Gasteiger partial charge < -0.3 is 10.2 Å². The first-order valence-electron chi connectivity index (χ1n) is 17.3. The largest absolute Gasteiger partial charge is 0.316 e. The number of allylic oxidation sites excluding steroid dienone is 2. The lowest BCUT2D eigenvalue weighted by atomic mass is 10.1. The van der Waals surface area contributed by atoms with Gasteiger partial charge in [0, 0.05) is 11.9 Å². The Balaban J connectivity index is -0.000000262. The number of aliphatic imine (C=N–C) groups is 1. The second-order valence-electron chi connectivity index (χ2n) is 9.37.